The Balaban J connectivity index is 0.00000132. The highest BCUT2D eigenvalue weighted by molar-refractivity contribution is 6.30. The van der Waals surface area contributed by atoms with Crippen molar-refractivity contribution in [2.45, 2.75) is 13.1 Å². The molecule has 3 aromatic rings. The Hall–Kier alpha value is -1.52. The van der Waals surface area contributed by atoms with E-state index in [1.807, 2.05) is 54.7 Å². The molecule has 0 aliphatic heterocycles. The lowest BCUT2D eigenvalue weighted by molar-refractivity contribution is 0.493. The van der Waals surface area contributed by atoms with Crippen LogP contribution in [0.25, 0.3) is 11.3 Å². The van der Waals surface area contributed by atoms with Gasteiger partial charge in [-0.2, -0.15) is 0 Å². The molecule has 0 aliphatic rings. The van der Waals surface area contributed by atoms with Crippen LogP contribution in [0.1, 0.15) is 11.3 Å². The second-order valence-corrected chi connectivity index (χ2v) is 5.18. The molecule has 0 saturated carbocycles. The molecule has 23 heavy (non-hydrogen) atoms. The smallest absolute Gasteiger partial charge is 0.134 e. The van der Waals surface area contributed by atoms with Gasteiger partial charge >= 0.3 is 0 Å². The summed E-state index contributed by atoms with van der Waals surface area (Å²) in [7, 11) is 0. The van der Waals surface area contributed by atoms with Crippen molar-refractivity contribution in [3.8, 4) is 11.3 Å². The molecule has 0 aliphatic carbocycles. The van der Waals surface area contributed by atoms with Crippen LogP contribution in [-0.4, -0.2) is 4.98 Å². The lowest BCUT2D eigenvalue weighted by atomic mass is 10.2. The van der Waals surface area contributed by atoms with Crippen LogP contribution in [-0.2, 0) is 13.1 Å². The molecule has 0 saturated heterocycles. The molecule has 2 heterocycles. The highest BCUT2D eigenvalue weighted by Crippen LogP contribution is 2.24. The van der Waals surface area contributed by atoms with E-state index in [4.69, 9.17) is 16.0 Å². The third-order valence-corrected chi connectivity index (χ3v) is 3.36. The Labute approximate surface area is 152 Å². The first-order chi connectivity index (χ1) is 10.3. The van der Waals surface area contributed by atoms with Gasteiger partial charge in [-0.05, 0) is 35.9 Å². The van der Waals surface area contributed by atoms with Gasteiger partial charge < -0.3 is 9.73 Å². The maximum Gasteiger partial charge on any atom is 0.134 e. The molecule has 122 valence electrons. The van der Waals surface area contributed by atoms with Gasteiger partial charge in [-0.25, -0.2) is 0 Å². The first kappa shape index (κ1) is 19.5. The molecule has 0 radical (unpaired) electrons. The van der Waals surface area contributed by atoms with Crippen LogP contribution < -0.4 is 5.32 Å². The summed E-state index contributed by atoms with van der Waals surface area (Å²) in [5, 5.41) is 4.04. The summed E-state index contributed by atoms with van der Waals surface area (Å²) in [6.07, 6.45) is 3.62. The summed E-state index contributed by atoms with van der Waals surface area (Å²) >= 11 is 5.99. The van der Waals surface area contributed by atoms with Gasteiger partial charge in [-0.3, -0.25) is 4.98 Å². The van der Waals surface area contributed by atoms with Gasteiger partial charge in [0.1, 0.15) is 11.5 Å². The summed E-state index contributed by atoms with van der Waals surface area (Å²) in [6.45, 7) is 1.44. The highest BCUT2D eigenvalue weighted by Gasteiger charge is 2.05. The second kappa shape index (κ2) is 9.58. The minimum absolute atomic E-state index is 0. The first-order valence-corrected chi connectivity index (χ1v) is 7.13. The largest absolute Gasteiger partial charge is 0.460 e. The zero-order valence-corrected chi connectivity index (χ0v) is 14.6. The Morgan fingerprint density at radius 1 is 1.00 bits per heavy atom. The first-order valence-electron chi connectivity index (χ1n) is 6.75. The van der Waals surface area contributed by atoms with Gasteiger partial charge in [-0.1, -0.05) is 29.8 Å². The number of benzene rings is 1. The Morgan fingerprint density at radius 2 is 1.87 bits per heavy atom. The Bertz CT molecular complexity index is 717. The summed E-state index contributed by atoms with van der Waals surface area (Å²) in [6, 6.07) is 15.6. The standard InChI is InChI=1S/C17H15ClN2O.2ClH/c18-15-5-1-4-14(9-15)17-7-6-16(21-17)12-20-11-13-3-2-8-19-10-13;;/h1-10,20H,11-12H2;2*1H. The number of hydrogen-bond acceptors (Lipinski definition) is 3. The molecule has 3 rings (SSSR count). The molecule has 1 N–H and O–H groups in total. The minimum atomic E-state index is 0. The number of nitrogens with one attached hydrogen (secondary N) is 1. The van der Waals surface area contributed by atoms with Crippen molar-refractivity contribution in [1.29, 1.82) is 0 Å². The van der Waals surface area contributed by atoms with E-state index in [-0.39, 0.29) is 24.8 Å². The third kappa shape index (κ3) is 5.56. The average molecular weight is 372 g/mol. The monoisotopic (exact) mass is 370 g/mol. The van der Waals surface area contributed by atoms with Crippen molar-refractivity contribution in [1.82, 2.24) is 10.3 Å². The minimum Gasteiger partial charge on any atom is -0.460 e. The van der Waals surface area contributed by atoms with E-state index in [1.165, 1.54) is 0 Å². The molecule has 0 unspecified atom stereocenters. The zero-order chi connectivity index (χ0) is 14.5. The van der Waals surface area contributed by atoms with E-state index < -0.39 is 0 Å². The van der Waals surface area contributed by atoms with Crippen LogP contribution in [0.5, 0.6) is 0 Å². The predicted molar refractivity (Wildman–Crippen MR) is 98.4 cm³/mol. The van der Waals surface area contributed by atoms with Gasteiger partial charge in [-0.15, -0.1) is 24.8 Å². The van der Waals surface area contributed by atoms with Crippen LogP contribution in [0.4, 0.5) is 0 Å². The van der Waals surface area contributed by atoms with E-state index in [2.05, 4.69) is 10.3 Å². The quantitative estimate of drug-likeness (QED) is 0.675. The van der Waals surface area contributed by atoms with Gasteiger partial charge in [0, 0.05) is 29.5 Å². The molecule has 0 spiro atoms. The van der Waals surface area contributed by atoms with Crippen molar-refractivity contribution in [3.63, 3.8) is 0 Å². The second-order valence-electron chi connectivity index (χ2n) is 4.74. The molecule has 0 fully saturated rings. The Morgan fingerprint density at radius 3 is 2.61 bits per heavy atom. The molecule has 0 amide bonds. The van der Waals surface area contributed by atoms with Gasteiger partial charge in [0.05, 0.1) is 6.54 Å². The fraction of sp³-hybridized carbons (Fsp3) is 0.118. The maximum atomic E-state index is 5.99. The molecular formula is C17H17Cl3N2O. The number of hydrogen-bond donors (Lipinski definition) is 1. The number of aromatic nitrogens is 1. The van der Waals surface area contributed by atoms with Gasteiger partial charge in [0.2, 0.25) is 0 Å². The lowest BCUT2D eigenvalue weighted by Crippen LogP contribution is -2.12. The number of furan rings is 1. The van der Waals surface area contributed by atoms with Crippen LogP contribution in [0.15, 0.2) is 65.3 Å². The molecule has 6 heteroatoms. The van der Waals surface area contributed by atoms with Crippen molar-refractivity contribution in [2.75, 3.05) is 0 Å². The van der Waals surface area contributed by atoms with E-state index in [0.29, 0.717) is 11.6 Å². The number of rotatable bonds is 5. The molecule has 3 nitrogen and oxygen atoms in total. The highest BCUT2D eigenvalue weighted by atomic mass is 35.5. The number of pyridine rings is 1. The van der Waals surface area contributed by atoms with Crippen molar-refractivity contribution >= 4 is 36.4 Å². The van der Waals surface area contributed by atoms with Crippen molar-refractivity contribution < 1.29 is 4.42 Å². The van der Waals surface area contributed by atoms with E-state index in [9.17, 15) is 0 Å². The molecular weight excluding hydrogens is 355 g/mol. The SMILES string of the molecule is Cl.Cl.Clc1cccc(-c2ccc(CNCc3cccnc3)o2)c1. The van der Waals surface area contributed by atoms with E-state index in [1.54, 1.807) is 6.20 Å². The maximum absolute atomic E-state index is 5.99. The fourth-order valence-electron chi connectivity index (χ4n) is 2.10. The van der Waals surface area contributed by atoms with Crippen molar-refractivity contribution in [3.05, 3.63) is 77.3 Å². The zero-order valence-electron chi connectivity index (χ0n) is 12.2. The lowest BCUT2D eigenvalue weighted by Gasteiger charge is -2.02. The van der Waals surface area contributed by atoms with Crippen LogP contribution in [0, 0.1) is 0 Å². The molecule has 2 aromatic heterocycles. The fourth-order valence-corrected chi connectivity index (χ4v) is 2.29. The van der Waals surface area contributed by atoms with Crippen LogP contribution in [0.2, 0.25) is 5.02 Å². The molecule has 0 bridgehead atoms. The summed E-state index contributed by atoms with van der Waals surface area (Å²) < 4.78 is 5.83. The van der Waals surface area contributed by atoms with Crippen LogP contribution in [0.3, 0.4) is 0 Å². The molecule has 0 atom stereocenters. The summed E-state index contributed by atoms with van der Waals surface area (Å²) in [4.78, 5) is 4.09. The molecule has 1 aromatic carbocycles. The average Bonchev–Trinajstić information content (AvgIpc) is 2.97. The van der Waals surface area contributed by atoms with Gasteiger partial charge in [0.15, 0.2) is 0 Å². The van der Waals surface area contributed by atoms with E-state index in [0.717, 1.165) is 29.2 Å². The third-order valence-electron chi connectivity index (χ3n) is 3.12. The van der Waals surface area contributed by atoms with E-state index >= 15 is 0 Å². The number of nitrogens with zero attached hydrogens (tertiary/aromatic N) is 1. The summed E-state index contributed by atoms with van der Waals surface area (Å²) in [5.41, 5.74) is 2.14. The van der Waals surface area contributed by atoms with Crippen molar-refractivity contribution in [2.24, 2.45) is 0 Å². The topological polar surface area (TPSA) is 38.1 Å². The summed E-state index contributed by atoms with van der Waals surface area (Å²) in [5.74, 6) is 1.73. The normalized spacial score (nSPS) is 9.78. The predicted octanol–water partition coefficient (Wildman–Crippen LogP) is 5.13. The van der Waals surface area contributed by atoms with Gasteiger partial charge in [0.25, 0.3) is 0 Å². The number of halogens is 3. The Kier molecular flexibility index (Phi) is 8.13. The van der Waals surface area contributed by atoms with Crippen LogP contribution >= 0.6 is 36.4 Å².